The van der Waals surface area contributed by atoms with Crippen molar-refractivity contribution in [1.82, 2.24) is 14.8 Å². The maximum Gasteiger partial charge on any atom is 0.324 e. The number of aromatic nitrogens is 3. The van der Waals surface area contributed by atoms with Crippen LogP contribution in [-0.2, 0) is 6.61 Å². The van der Waals surface area contributed by atoms with Crippen molar-refractivity contribution in [2.45, 2.75) is 38.3 Å². The number of unbranched alkanes of at least 4 members (excludes halogenated alkanes) is 1. The summed E-state index contributed by atoms with van der Waals surface area (Å²) in [6, 6.07) is 23.0. The van der Waals surface area contributed by atoms with Gasteiger partial charge in [0.25, 0.3) is 0 Å². The molecule has 0 aliphatic rings. The van der Waals surface area contributed by atoms with E-state index in [1.165, 1.54) is 0 Å². The molecule has 0 saturated heterocycles. The lowest BCUT2D eigenvalue weighted by molar-refractivity contribution is 0.262. The second-order valence-corrected chi connectivity index (χ2v) is 10.5. The van der Waals surface area contributed by atoms with Gasteiger partial charge in [0, 0.05) is 28.6 Å². The highest BCUT2D eigenvalue weighted by atomic mass is 32.2. The van der Waals surface area contributed by atoms with Gasteiger partial charge in [0.2, 0.25) is 0 Å². The van der Waals surface area contributed by atoms with Crippen LogP contribution in [0.5, 0.6) is 5.75 Å². The maximum absolute atomic E-state index is 13.2. The highest BCUT2D eigenvalue weighted by molar-refractivity contribution is 7.99. The zero-order valence-corrected chi connectivity index (χ0v) is 23.4. The summed E-state index contributed by atoms with van der Waals surface area (Å²) in [5, 5.41) is 13.4. The van der Waals surface area contributed by atoms with Crippen LogP contribution in [0.2, 0.25) is 0 Å². The molecule has 5 aromatic rings. The lowest BCUT2D eigenvalue weighted by atomic mass is 10.1. The second kappa shape index (κ2) is 12.6. The van der Waals surface area contributed by atoms with E-state index in [-0.39, 0.29) is 6.03 Å². The van der Waals surface area contributed by atoms with E-state index < -0.39 is 0 Å². The Labute approximate surface area is 238 Å². The van der Waals surface area contributed by atoms with Gasteiger partial charge in [0.1, 0.15) is 23.2 Å². The Morgan fingerprint density at radius 1 is 1.02 bits per heavy atom. The van der Waals surface area contributed by atoms with E-state index >= 15 is 0 Å². The molecule has 4 N–H and O–H groups in total. The zero-order chi connectivity index (χ0) is 27.9. The third-order valence-corrected chi connectivity index (χ3v) is 7.40. The average Bonchev–Trinajstić information content (AvgIpc) is 3.36. The number of nitrogens with two attached hydrogens (primary N) is 1. The molecule has 0 aliphatic heterocycles. The number of nitrogens with one attached hydrogen (secondary N) is 2. The molecule has 0 fully saturated rings. The SMILES string of the molecule is CCCCSc1cc(NC(=O)Nc2ccc(OCc3ccncc3N)c3ccccc23)n(-c2ccc(C)cc2)n1. The number of anilines is 3. The van der Waals surface area contributed by atoms with Gasteiger partial charge in [-0.25, -0.2) is 9.48 Å². The summed E-state index contributed by atoms with van der Waals surface area (Å²) in [7, 11) is 0. The molecule has 0 aliphatic carbocycles. The van der Waals surface area contributed by atoms with Crippen LogP contribution in [0.25, 0.3) is 16.5 Å². The molecule has 0 atom stereocenters. The summed E-state index contributed by atoms with van der Waals surface area (Å²) in [5.41, 5.74) is 10.2. The fourth-order valence-electron chi connectivity index (χ4n) is 4.22. The number of benzene rings is 3. The molecule has 5 rings (SSSR count). The van der Waals surface area contributed by atoms with Crippen molar-refractivity contribution in [3.05, 3.63) is 96.3 Å². The molecule has 2 amide bonds. The predicted octanol–water partition coefficient (Wildman–Crippen LogP) is 7.43. The molecule has 3 aromatic carbocycles. The van der Waals surface area contributed by atoms with E-state index in [1.807, 2.05) is 79.7 Å². The fourth-order valence-corrected chi connectivity index (χ4v) is 5.20. The molecule has 0 bridgehead atoms. The Morgan fingerprint density at radius 2 is 1.82 bits per heavy atom. The van der Waals surface area contributed by atoms with Gasteiger partial charge >= 0.3 is 6.03 Å². The summed E-state index contributed by atoms with van der Waals surface area (Å²) in [6.45, 7) is 4.52. The number of nitrogen functional groups attached to an aromatic ring is 1. The molecular weight excluding hydrogens is 520 g/mol. The molecular formula is C31H32N6O2S. The fraction of sp³-hybridized carbons (Fsp3) is 0.194. The van der Waals surface area contributed by atoms with E-state index in [0.717, 1.165) is 51.2 Å². The van der Waals surface area contributed by atoms with Crippen LogP contribution >= 0.6 is 11.8 Å². The molecule has 40 heavy (non-hydrogen) atoms. The van der Waals surface area contributed by atoms with Crippen LogP contribution in [-0.4, -0.2) is 26.5 Å². The van der Waals surface area contributed by atoms with Crippen molar-refractivity contribution in [2.24, 2.45) is 0 Å². The van der Waals surface area contributed by atoms with Crippen LogP contribution < -0.4 is 21.1 Å². The molecule has 9 heteroatoms. The zero-order valence-electron chi connectivity index (χ0n) is 22.6. The smallest absolute Gasteiger partial charge is 0.324 e. The molecule has 0 saturated carbocycles. The van der Waals surface area contributed by atoms with Gasteiger partial charge in [0.05, 0.1) is 23.3 Å². The summed E-state index contributed by atoms with van der Waals surface area (Å²) in [6.07, 6.45) is 5.53. The van der Waals surface area contributed by atoms with Crippen LogP contribution in [0.1, 0.15) is 30.9 Å². The van der Waals surface area contributed by atoms with Gasteiger partial charge in [-0.15, -0.1) is 11.8 Å². The van der Waals surface area contributed by atoms with Gasteiger partial charge in [0.15, 0.2) is 0 Å². The number of aryl methyl sites for hydroxylation is 1. The lowest BCUT2D eigenvalue weighted by Crippen LogP contribution is -2.21. The van der Waals surface area contributed by atoms with Crippen LogP contribution in [0.4, 0.5) is 22.0 Å². The summed E-state index contributed by atoms with van der Waals surface area (Å²) < 4.78 is 7.88. The second-order valence-electron chi connectivity index (χ2n) is 9.42. The van der Waals surface area contributed by atoms with Crippen molar-refractivity contribution < 1.29 is 9.53 Å². The number of pyridine rings is 1. The maximum atomic E-state index is 13.2. The number of carbonyl (C=O) groups excluding carboxylic acids is 1. The van der Waals surface area contributed by atoms with Gasteiger partial charge in [-0.1, -0.05) is 55.3 Å². The number of amides is 2. The minimum absolute atomic E-state index is 0.313. The molecule has 2 aromatic heterocycles. The predicted molar refractivity (Wildman–Crippen MR) is 164 cm³/mol. The Kier molecular flexibility index (Phi) is 8.51. The average molecular weight is 553 g/mol. The summed E-state index contributed by atoms with van der Waals surface area (Å²) in [5.74, 6) is 2.27. The number of rotatable bonds is 10. The van der Waals surface area contributed by atoms with Crippen LogP contribution in [0.15, 0.2) is 90.2 Å². The Hall–Kier alpha value is -4.50. The van der Waals surface area contributed by atoms with Gasteiger partial charge in [-0.2, -0.15) is 5.10 Å². The Bertz CT molecular complexity index is 1620. The minimum Gasteiger partial charge on any atom is -0.488 e. The molecule has 2 heterocycles. The Balaban J connectivity index is 1.36. The van der Waals surface area contributed by atoms with E-state index in [9.17, 15) is 4.79 Å². The van der Waals surface area contributed by atoms with Crippen molar-refractivity contribution >= 4 is 45.8 Å². The standard InChI is InChI=1S/C31H32N6O2S/c1-3-4-17-40-30-18-29(37(36-30)23-11-9-21(2)10-12-23)35-31(38)34-27-13-14-28(25-8-6-5-7-24(25)27)39-20-22-15-16-33-19-26(22)32/h5-16,18-19H,3-4,17,20,32H2,1-2H3,(H2,34,35,38). The summed E-state index contributed by atoms with van der Waals surface area (Å²) >= 11 is 1.69. The van der Waals surface area contributed by atoms with Crippen molar-refractivity contribution in [3.8, 4) is 11.4 Å². The van der Waals surface area contributed by atoms with Crippen molar-refractivity contribution in [2.75, 3.05) is 22.1 Å². The van der Waals surface area contributed by atoms with Gasteiger partial charge in [-0.05, 0) is 49.4 Å². The summed E-state index contributed by atoms with van der Waals surface area (Å²) in [4.78, 5) is 17.3. The van der Waals surface area contributed by atoms with Crippen molar-refractivity contribution in [1.29, 1.82) is 0 Å². The number of ether oxygens (including phenoxy) is 1. The quantitative estimate of drug-likeness (QED) is 0.123. The molecule has 204 valence electrons. The third kappa shape index (κ3) is 6.38. The normalized spacial score (nSPS) is 10.9. The first-order valence-corrected chi connectivity index (χ1v) is 14.2. The number of carbonyl (C=O) groups is 1. The van der Waals surface area contributed by atoms with Gasteiger partial charge < -0.3 is 15.8 Å². The third-order valence-electron chi connectivity index (χ3n) is 6.42. The van der Waals surface area contributed by atoms with Crippen LogP contribution in [0.3, 0.4) is 0 Å². The number of hydrogen-bond acceptors (Lipinski definition) is 6. The lowest BCUT2D eigenvalue weighted by Gasteiger charge is -2.15. The molecule has 8 nitrogen and oxygen atoms in total. The largest absolute Gasteiger partial charge is 0.488 e. The van der Waals surface area contributed by atoms with Gasteiger partial charge in [-0.3, -0.25) is 10.3 Å². The number of urea groups is 1. The topological polar surface area (TPSA) is 107 Å². The molecule has 0 unspecified atom stereocenters. The first-order chi connectivity index (χ1) is 19.5. The molecule has 0 spiro atoms. The highest BCUT2D eigenvalue weighted by Gasteiger charge is 2.15. The monoisotopic (exact) mass is 552 g/mol. The van der Waals surface area contributed by atoms with E-state index in [4.69, 9.17) is 15.6 Å². The number of fused-ring (bicyclic) bond motifs is 1. The molecule has 0 radical (unpaired) electrons. The van der Waals surface area contributed by atoms with Crippen LogP contribution in [0, 0.1) is 6.92 Å². The first kappa shape index (κ1) is 27.1. The number of hydrogen-bond donors (Lipinski definition) is 3. The first-order valence-electron chi connectivity index (χ1n) is 13.2. The number of nitrogens with zero attached hydrogens (tertiary/aromatic N) is 3. The number of thioether (sulfide) groups is 1. The van der Waals surface area contributed by atoms with E-state index in [0.29, 0.717) is 29.5 Å². The van der Waals surface area contributed by atoms with E-state index in [2.05, 4.69) is 22.5 Å². The van der Waals surface area contributed by atoms with Crippen molar-refractivity contribution in [3.63, 3.8) is 0 Å². The highest BCUT2D eigenvalue weighted by Crippen LogP contribution is 2.33. The Morgan fingerprint density at radius 3 is 2.60 bits per heavy atom. The van der Waals surface area contributed by atoms with E-state index in [1.54, 1.807) is 28.8 Å². The minimum atomic E-state index is -0.359.